The van der Waals surface area contributed by atoms with Crippen LogP contribution in [-0.2, 0) is 4.79 Å². The van der Waals surface area contributed by atoms with Gasteiger partial charge in [-0.1, -0.05) is 35.5 Å². The number of hydrogen-bond donors (Lipinski definition) is 2. The molecule has 2 saturated heterocycles. The van der Waals surface area contributed by atoms with Gasteiger partial charge in [-0.25, -0.2) is 10.9 Å². The number of carbonyl (C=O) groups is 1. The molecular weight excluding hydrogens is 306 g/mol. The number of aryl methyl sites for hydroxylation is 1. The standard InChI is InChI=1S/C17H21N5O2/c1-11-18-16(24-21-11)15-8-5-9-22(15)17(23)14-10-13(19-20-14)12-6-3-2-4-7-12/h2-4,6-7,13-15,19-20H,5,8-10H2,1H3. The first kappa shape index (κ1) is 15.3. The van der Waals surface area contributed by atoms with Gasteiger partial charge in [0.15, 0.2) is 5.82 Å². The zero-order valence-electron chi connectivity index (χ0n) is 13.6. The van der Waals surface area contributed by atoms with Gasteiger partial charge in [-0.15, -0.1) is 0 Å². The summed E-state index contributed by atoms with van der Waals surface area (Å²) in [7, 11) is 0. The van der Waals surface area contributed by atoms with E-state index in [1.54, 1.807) is 6.92 Å². The number of nitrogens with one attached hydrogen (secondary N) is 2. The summed E-state index contributed by atoms with van der Waals surface area (Å²) in [4.78, 5) is 19.1. The van der Waals surface area contributed by atoms with Gasteiger partial charge in [0.2, 0.25) is 11.8 Å². The van der Waals surface area contributed by atoms with Crippen LogP contribution in [0.5, 0.6) is 0 Å². The van der Waals surface area contributed by atoms with Gasteiger partial charge in [-0.05, 0) is 31.7 Å². The Morgan fingerprint density at radius 3 is 2.88 bits per heavy atom. The van der Waals surface area contributed by atoms with Crippen molar-refractivity contribution in [2.45, 2.75) is 44.3 Å². The van der Waals surface area contributed by atoms with E-state index in [9.17, 15) is 4.79 Å². The molecule has 0 saturated carbocycles. The maximum absolute atomic E-state index is 12.9. The Labute approximate surface area is 140 Å². The lowest BCUT2D eigenvalue weighted by Gasteiger charge is -2.24. The van der Waals surface area contributed by atoms with Crippen LogP contribution < -0.4 is 10.9 Å². The minimum atomic E-state index is -0.236. The summed E-state index contributed by atoms with van der Waals surface area (Å²) >= 11 is 0. The molecule has 2 aromatic rings. The molecule has 7 nitrogen and oxygen atoms in total. The van der Waals surface area contributed by atoms with E-state index in [4.69, 9.17) is 4.52 Å². The number of likely N-dealkylation sites (tertiary alicyclic amines) is 1. The monoisotopic (exact) mass is 327 g/mol. The van der Waals surface area contributed by atoms with Gasteiger partial charge in [0.1, 0.15) is 12.1 Å². The summed E-state index contributed by atoms with van der Waals surface area (Å²) in [5, 5.41) is 3.85. The normalized spacial score (nSPS) is 26.9. The predicted octanol–water partition coefficient (Wildman–Crippen LogP) is 1.65. The highest BCUT2D eigenvalue weighted by atomic mass is 16.5. The van der Waals surface area contributed by atoms with Gasteiger partial charge in [0.05, 0.1) is 0 Å². The van der Waals surface area contributed by atoms with Gasteiger partial charge in [0, 0.05) is 12.6 Å². The Morgan fingerprint density at radius 2 is 2.12 bits per heavy atom. The van der Waals surface area contributed by atoms with E-state index < -0.39 is 0 Å². The average Bonchev–Trinajstić information content (AvgIpc) is 3.35. The molecule has 3 atom stereocenters. The van der Waals surface area contributed by atoms with Gasteiger partial charge in [0.25, 0.3) is 0 Å². The highest BCUT2D eigenvalue weighted by Gasteiger charge is 2.39. The summed E-state index contributed by atoms with van der Waals surface area (Å²) in [6, 6.07) is 9.98. The molecule has 126 valence electrons. The molecule has 3 heterocycles. The third-order valence-electron chi connectivity index (χ3n) is 4.77. The molecular formula is C17H21N5O2. The fraction of sp³-hybridized carbons (Fsp3) is 0.471. The van der Waals surface area contributed by atoms with Crippen molar-refractivity contribution >= 4 is 5.91 Å². The smallest absolute Gasteiger partial charge is 0.249 e. The van der Waals surface area contributed by atoms with Crippen LogP contribution in [0.4, 0.5) is 0 Å². The van der Waals surface area contributed by atoms with E-state index in [1.165, 1.54) is 5.56 Å². The molecule has 3 unspecified atom stereocenters. The molecule has 1 aromatic heterocycles. The van der Waals surface area contributed by atoms with Crippen LogP contribution in [0.3, 0.4) is 0 Å². The lowest BCUT2D eigenvalue weighted by Crippen LogP contribution is -2.45. The zero-order valence-corrected chi connectivity index (χ0v) is 13.6. The number of benzene rings is 1. The highest BCUT2D eigenvalue weighted by Crippen LogP contribution is 2.33. The summed E-state index contributed by atoms with van der Waals surface area (Å²) in [5.41, 5.74) is 7.57. The molecule has 0 bridgehead atoms. The van der Waals surface area contributed by atoms with E-state index >= 15 is 0 Å². The first-order chi connectivity index (χ1) is 11.7. The minimum Gasteiger partial charge on any atom is -0.337 e. The quantitative estimate of drug-likeness (QED) is 0.892. The molecule has 1 amide bonds. The summed E-state index contributed by atoms with van der Waals surface area (Å²) < 4.78 is 5.29. The molecule has 0 radical (unpaired) electrons. The minimum absolute atomic E-state index is 0.0966. The van der Waals surface area contributed by atoms with Gasteiger partial charge in [-0.3, -0.25) is 4.79 Å². The number of aromatic nitrogens is 2. The average molecular weight is 327 g/mol. The van der Waals surface area contributed by atoms with Crippen molar-refractivity contribution in [2.24, 2.45) is 0 Å². The summed E-state index contributed by atoms with van der Waals surface area (Å²) in [5.74, 6) is 1.25. The zero-order chi connectivity index (χ0) is 16.5. The second-order valence-corrected chi connectivity index (χ2v) is 6.41. The maximum atomic E-state index is 12.9. The van der Waals surface area contributed by atoms with Crippen LogP contribution >= 0.6 is 0 Å². The number of amides is 1. The molecule has 7 heteroatoms. The number of hydrazine groups is 1. The number of nitrogens with zero attached hydrogens (tertiary/aromatic N) is 3. The van der Waals surface area contributed by atoms with Crippen molar-refractivity contribution in [2.75, 3.05) is 6.54 Å². The highest BCUT2D eigenvalue weighted by molar-refractivity contribution is 5.82. The Kier molecular flexibility index (Phi) is 4.03. The van der Waals surface area contributed by atoms with Crippen molar-refractivity contribution in [1.82, 2.24) is 25.9 Å². The topological polar surface area (TPSA) is 83.3 Å². The van der Waals surface area contributed by atoms with E-state index in [2.05, 4.69) is 33.1 Å². The number of hydrogen-bond acceptors (Lipinski definition) is 6. The van der Waals surface area contributed by atoms with Gasteiger partial charge < -0.3 is 9.42 Å². The third kappa shape index (κ3) is 2.81. The first-order valence-corrected chi connectivity index (χ1v) is 8.39. The Hall–Kier alpha value is -2.25. The fourth-order valence-electron chi connectivity index (χ4n) is 3.56. The van der Waals surface area contributed by atoms with E-state index in [0.717, 1.165) is 25.8 Å². The lowest BCUT2D eigenvalue weighted by atomic mass is 10.0. The van der Waals surface area contributed by atoms with Crippen LogP contribution in [0.1, 0.15) is 48.6 Å². The molecule has 0 aliphatic carbocycles. The Morgan fingerprint density at radius 1 is 1.29 bits per heavy atom. The van der Waals surface area contributed by atoms with Crippen LogP contribution in [0, 0.1) is 6.92 Å². The van der Waals surface area contributed by atoms with Crippen LogP contribution in [0.2, 0.25) is 0 Å². The second kappa shape index (κ2) is 6.33. The second-order valence-electron chi connectivity index (χ2n) is 6.41. The molecule has 2 aliphatic heterocycles. The van der Waals surface area contributed by atoms with Crippen LogP contribution in [0.15, 0.2) is 34.9 Å². The number of rotatable bonds is 3. The molecule has 2 N–H and O–H groups in total. The predicted molar refractivity (Wildman–Crippen MR) is 86.6 cm³/mol. The van der Waals surface area contributed by atoms with E-state index in [-0.39, 0.29) is 24.0 Å². The largest absolute Gasteiger partial charge is 0.337 e. The van der Waals surface area contributed by atoms with Crippen LogP contribution in [0.25, 0.3) is 0 Å². The Bertz CT molecular complexity index is 717. The first-order valence-electron chi connectivity index (χ1n) is 8.39. The molecule has 1 aromatic carbocycles. The summed E-state index contributed by atoms with van der Waals surface area (Å²) in [6.45, 7) is 2.53. The summed E-state index contributed by atoms with van der Waals surface area (Å²) in [6.07, 6.45) is 2.56. The molecule has 24 heavy (non-hydrogen) atoms. The van der Waals surface area contributed by atoms with E-state index in [0.29, 0.717) is 11.7 Å². The van der Waals surface area contributed by atoms with Gasteiger partial charge >= 0.3 is 0 Å². The van der Waals surface area contributed by atoms with E-state index in [1.807, 2.05) is 23.1 Å². The van der Waals surface area contributed by atoms with Crippen molar-refractivity contribution in [3.05, 3.63) is 47.6 Å². The fourth-order valence-corrected chi connectivity index (χ4v) is 3.56. The van der Waals surface area contributed by atoms with Crippen molar-refractivity contribution in [1.29, 1.82) is 0 Å². The van der Waals surface area contributed by atoms with Crippen molar-refractivity contribution in [3.63, 3.8) is 0 Å². The lowest BCUT2D eigenvalue weighted by molar-refractivity contribution is -0.134. The Balaban J connectivity index is 1.46. The maximum Gasteiger partial charge on any atom is 0.249 e. The molecule has 0 spiro atoms. The molecule has 2 fully saturated rings. The molecule has 2 aliphatic rings. The van der Waals surface area contributed by atoms with Crippen molar-refractivity contribution in [3.8, 4) is 0 Å². The van der Waals surface area contributed by atoms with Gasteiger partial charge in [-0.2, -0.15) is 4.98 Å². The SMILES string of the molecule is Cc1noc(C2CCCN2C(=O)C2CC(c3ccccc3)NN2)n1. The third-order valence-corrected chi connectivity index (χ3v) is 4.77. The van der Waals surface area contributed by atoms with Crippen molar-refractivity contribution < 1.29 is 9.32 Å². The van der Waals surface area contributed by atoms with Crippen LogP contribution in [-0.4, -0.2) is 33.5 Å². The molecule has 4 rings (SSSR count). The number of carbonyl (C=O) groups excluding carboxylic acids is 1.